The second kappa shape index (κ2) is 5.81. The molecule has 1 heterocycles. The molecule has 0 spiro atoms. The van der Waals surface area contributed by atoms with Gasteiger partial charge in [-0.1, -0.05) is 24.3 Å². The Balaban J connectivity index is 1.84. The van der Waals surface area contributed by atoms with E-state index < -0.39 is 5.82 Å². The SMILES string of the molecule is O=Cc1cn(CC(=O)Nc2cccc(F)c2)c2ccccc12. The first kappa shape index (κ1) is 14.0. The molecule has 5 heteroatoms. The molecule has 0 bridgehead atoms. The van der Waals surface area contributed by atoms with E-state index in [9.17, 15) is 14.0 Å². The molecule has 0 aliphatic rings. The topological polar surface area (TPSA) is 51.1 Å². The fourth-order valence-corrected chi connectivity index (χ4v) is 2.42. The molecule has 22 heavy (non-hydrogen) atoms. The zero-order chi connectivity index (χ0) is 15.5. The number of aromatic nitrogens is 1. The van der Waals surface area contributed by atoms with E-state index in [1.165, 1.54) is 18.2 Å². The van der Waals surface area contributed by atoms with E-state index in [4.69, 9.17) is 0 Å². The zero-order valence-electron chi connectivity index (χ0n) is 11.6. The molecular weight excluding hydrogens is 283 g/mol. The molecule has 2 aromatic carbocycles. The lowest BCUT2D eigenvalue weighted by Gasteiger charge is -2.07. The number of benzene rings is 2. The Bertz CT molecular complexity index is 855. The van der Waals surface area contributed by atoms with Crippen LogP contribution in [0.2, 0.25) is 0 Å². The molecule has 0 saturated carbocycles. The fourth-order valence-electron chi connectivity index (χ4n) is 2.42. The van der Waals surface area contributed by atoms with Crippen molar-refractivity contribution in [1.82, 2.24) is 4.57 Å². The molecule has 3 rings (SSSR count). The van der Waals surface area contributed by atoms with Gasteiger partial charge in [-0.2, -0.15) is 0 Å². The Hall–Kier alpha value is -2.95. The number of para-hydroxylation sites is 1. The number of aldehydes is 1. The van der Waals surface area contributed by atoms with Crippen molar-refractivity contribution < 1.29 is 14.0 Å². The fraction of sp³-hybridized carbons (Fsp3) is 0.0588. The highest BCUT2D eigenvalue weighted by molar-refractivity contribution is 5.99. The first-order valence-corrected chi connectivity index (χ1v) is 6.76. The van der Waals surface area contributed by atoms with E-state index in [1.54, 1.807) is 16.8 Å². The Morgan fingerprint density at radius 3 is 2.77 bits per heavy atom. The number of anilines is 1. The van der Waals surface area contributed by atoms with Gasteiger partial charge < -0.3 is 9.88 Å². The number of hydrogen-bond acceptors (Lipinski definition) is 2. The summed E-state index contributed by atoms with van der Waals surface area (Å²) in [6.45, 7) is 0.0465. The quantitative estimate of drug-likeness (QED) is 0.751. The summed E-state index contributed by atoms with van der Waals surface area (Å²) < 4.78 is 14.8. The van der Waals surface area contributed by atoms with Gasteiger partial charge >= 0.3 is 0 Å². The van der Waals surface area contributed by atoms with Crippen LogP contribution < -0.4 is 5.32 Å². The third kappa shape index (κ3) is 2.74. The van der Waals surface area contributed by atoms with E-state index in [1.807, 2.05) is 24.3 Å². The smallest absolute Gasteiger partial charge is 0.244 e. The molecule has 3 aromatic rings. The number of carbonyl (C=O) groups is 2. The first-order chi connectivity index (χ1) is 10.7. The van der Waals surface area contributed by atoms with Gasteiger partial charge in [-0.15, -0.1) is 0 Å². The number of carbonyl (C=O) groups excluding carboxylic acids is 2. The van der Waals surface area contributed by atoms with Crippen molar-refractivity contribution in [3.05, 3.63) is 66.1 Å². The summed E-state index contributed by atoms with van der Waals surface area (Å²) in [5, 5.41) is 3.44. The number of halogens is 1. The molecule has 1 amide bonds. The van der Waals surface area contributed by atoms with Gasteiger partial charge in [0, 0.05) is 28.4 Å². The summed E-state index contributed by atoms with van der Waals surface area (Å²) in [7, 11) is 0. The van der Waals surface area contributed by atoms with Crippen molar-refractivity contribution in [2.24, 2.45) is 0 Å². The van der Waals surface area contributed by atoms with Crippen LogP contribution in [0.1, 0.15) is 10.4 Å². The van der Waals surface area contributed by atoms with Gasteiger partial charge in [0.1, 0.15) is 12.4 Å². The number of nitrogens with one attached hydrogen (secondary N) is 1. The highest BCUT2D eigenvalue weighted by Gasteiger charge is 2.10. The Kier molecular flexibility index (Phi) is 3.70. The van der Waals surface area contributed by atoms with Gasteiger partial charge in [-0.05, 0) is 24.3 Å². The van der Waals surface area contributed by atoms with Gasteiger partial charge in [0.15, 0.2) is 6.29 Å². The number of hydrogen-bond donors (Lipinski definition) is 1. The van der Waals surface area contributed by atoms with Gasteiger partial charge in [-0.3, -0.25) is 9.59 Å². The maximum Gasteiger partial charge on any atom is 0.244 e. The minimum Gasteiger partial charge on any atom is -0.337 e. The van der Waals surface area contributed by atoms with E-state index in [0.29, 0.717) is 11.3 Å². The van der Waals surface area contributed by atoms with Crippen LogP contribution in [-0.4, -0.2) is 16.8 Å². The zero-order valence-corrected chi connectivity index (χ0v) is 11.6. The van der Waals surface area contributed by atoms with Crippen LogP contribution in [0.5, 0.6) is 0 Å². The van der Waals surface area contributed by atoms with E-state index in [0.717, 1.165) is 17.2 Å². The lowest BCUT2D eigenvalue weighted by molar-refractivity contribution is -0.116. The molecule has 4 nitrogen and oxygen atoms in total. The lowest BCUT2D eigenvalue weighted by atomic mass is 10.2. The summed E-state index contributed by atoms with van der Waals surface area (Å²) >= 11 is 0. The largest absolute Gasteiger partial charge is 0.337 e. The molecule has 0 atom stereocenters. The average Bonchev–Trinajstić information content (AvgIpc) is 2.85. The minimum absolute atomic E-state index is 0.0465. The van der Waals surface area contributed by atoms with Crippen LogP contribution in [0.25, 0.3) is 10.9 Å². The van der Waals surface area contributed by atoms with Gasteiger partial charge in [0.05, 0.1) is 0 Å². The third-order valence-electron chi connectivity index (χ3n) is 3.37. The molecular formula is C17H13FN2O2. The summed E-state index contributed by atoms with van der Waals surface area (Å²) in [4.78, 5) is 23.2. The Morgan fingerprint density at radius 2 is 2.00 bits per heavy atom. The number of nitrogens with zero attached hydrogens (tertiary/aromatic N) is 1. The van der Waals surface area contributed by atoms with E-state index in [-0.39, 0.29) is 12.5 Å². The average molecular weight is 296 g/mol. The summed E-state index contributed by atoms with van der Waals surface area (Å²) in [5.41, 5.74) is 1.74. The molecule has 0 saturated heterocycles. The van der Waals surface area contributed by atoms with Crippen LogP contribution in [0.15, 0.2) is 54.7 Å². The molecule has 0 unspecified atom stereocenters. The molecule has 0 aliphatic heterocycles. The van der Waals surface area contributed by atoms with Crippen LogP contribution >= 0.6 is 0 Å². The Morgan fingerprint density at radius 1 is 1.18 bits per heavy atom. The summed E-state index contributed by atoms with van der Waals surface area (Å²) in [5.74, 6) is -0.698. The summed E-state index contributed by atoms with van der Waals surface area (Å²) in [6.07, 6.45) is 2.41. The molecule has 0 aliphatic carbocycles. The molecule has 110 valence electrons. The van der Waals surface area contributed by atoms with Gasteiger partial charge in [0.25, 0.3) is 0 Å². The lowest BCUT2D eigenvalue weighted by Crippen LogP contribution is -2.18. The normalized spacial score (nSPS) is 10.6. The highest BCUT2D eigenvalue weighted by Crippen LogP contribution is 2.20. The molecule has 0 fully saturated rings. The van der Waals surface area contributed by atoms with Crippen molar-refractivity contribution in [3.63, 3.8) is 0 Å². The molecule has 1 N–H and O–H groups in total. The molecule has 1 aromatic heterocycles. The van der Waals surface area contributed by atoms with Crippen molar-refractivity contribution in [3.8, 4) is 0 Å². The first-order valence-electron chi connectivity index (χ1n) is 6.76. The van der Waals surface area contributed by atoms with Crippen molar-refractivity contribution in [2.75, 3.05) is 5.32 Å². The number of rotatable bonds is 4. The number of fused-ring (bicyclic) bond motifs is 1. The van der Waals surface area contributed by atoms with Crippen LogP contribution in [0.3, 0.4) is 0 Å². The predicted octanol–water partition coefficient (Wildman–Crippen LogP) is 3.23. The summed E-state index contributed by atoms with van der Waals surface area (Å²) in [6, 6.07) is 13.1. The number of amides is 1. The second-order valence-electron chi connectivity index (χ2n) is 4.91. The van der Waals surface area contributed by atoms with Gasteiger partial charge in [-0.25, -0.2) is 4.39 Å². The monoisotopic (exact) mass is 296 g/mol. The minimum atomic E-state index is -0.410. The van der Waals surface area contributed by atoms with E-state index >= 15 is 0 Å². The third-order valence-corrected chi connectivity index (χ3v) is 3.37. The van der Waals surface area contributed by atoms with Crippen molar-refractivity contribution in [1.29, 1.82) is 0 Å². The van der Waals surface area contributed by atoms with Crippen LogP contribution in [-0.2, 0) is 11.3 Å². The second-order valence-corrected chi connectivity index (χ2v) is 4.91. The predicted molar refractivity (Wildman–Crippen MR) is 82.4 cm³/mol. The van der Waals surface area contributed by atoms with Crippen molar-refractivity contribution >= 4 is 28.8 Å². The molecule has 0 radical (unpaired) electrons. The standard InChI is InChI=1S/C17H13FN2O2/c18-13-4-3-5-14(8-13)19-17(22)10-20-9-12(11-21)15-6-1-2-7-16(15)20/h1-9,11H,10H2,(H,19,22). The Labute approximate surface area is 126 Å². The maximum atomic E-state index is 13.1. The van der Waals surface area contributed by atoms with Crippen molar-refractivity contribution in [2.45, 2.75) is 6.54 Å². The van der Waals surface area contributed by atoms with Crippen LogP contribution in [0, 0.1) is 5.82 Å². The maximum absolute atomic E-state index is 13.1. The van der Waals surface area contributed by atoms with E-state index in [2.05, 4.69) is 5.32 Å². The highest BCUT2D eigenvalue weighted by atomic mass is 19.1. The van der Waals surface area contributed by atoms with Crippen LogP contribution in [0.4, 0.5) is 10.1 Å². The van der Waals surface area contributed by atoms with Gasteiger partial charge in [0.2, 0.25) is 5.91 Å².